The van der Waals surface area contributed by atoms with Crippen LogP contribution in [0.1, 0.15) is 58.1 Å². The minimum atomic E-state index is 1.02. The lowest BCUT2D eigenvalue weighted by Gasteiger charge is -2.05. The van der Waals surface area contributed by atoms with Crippen molar-refractivity contribution >= 4 is 0 Å². The van der Waals surface area contributed by atoms with E-state index in [1.807, 2.05) is 30.2 Å². The number of imidazole rings is 2. The van der Waals surface area contributed by atoms with E-state index in [4.69, 9.17) is 0 Å². The SMILES string of the molecule is CCCCc1nccn1CCCC.CCc1nccn1C. The fraction of sp³-hybridized carbons (Fsp3) is 0.647. The van der Waals surface area contributed by atoms with Gasteiger partial charge in [-0.3, -0.25) is 0 Å². The van der Waals surface area contributed by atoms with Crippen LogP contribution in [0.2, 0.25) is 0 Å². The molecule has 0 amide bonds. The fourth-order valence-electron chi connectivity index (χ4n) is 2.17. The first-order valence-corrected chi connectivity index (χ1v) is 8.19. The van der Waals surface area contributed by atoms with Crippen LogP contribution in [0.3, 0.4) is 0 Å². The number of nitrogens with zero attached hydrogens (tertiary/aromatic N) is 4. The van der Waals surface area contributed by atoms with Crippen molar-refractivity contribution in [1.82, 2.24) is 19.1 Å². The number of rotatable bonds is 7. The lowest BCUT2D eigenvalue weighted by molar-refractivity contribution is 0.591. The van der Waals surface area contributed by atoms with Gasteiger partial charge in [0.1, 0.15) is 11.6 Å². The lowest BCUT2D eigenvalue weighted by atomic mass is 10.2. The molecule has 0 unspecified atom stereocenters. The first-order valence-electron chi connectivity index (χ1n) is 8.19. The molecule has 0 saturated carbocycles. The van der Waals surface area contributed by atoms with Crippen molar-refractivity contribution in [2.75, 3.05) is 0 Å². The highest BCUT2D eigenvalue weighted by atomic mass is 15.1. The molecule has 0 spiro atoms. The van der Waals surface area contributed by atoms with Crippen molar-refractivity contribution < 1.29 is 0 Å². The Morgan fingerprint density at radius 2 is 1.57 bits per heavy atom. The van der Waals surface area contributed by atoms with Crippen molar-refractivity contribution in [3.8, 4) is 0 Å². The normalized spacial score (nSPS) is 10.3. The Morgan fingerprint density at radius 3 is 2.10 bits per heavy atom. The number of unbranched alkanes of at least 4 members (excludes halogenated alkanes) is 2. The number of hydrogen-bond acceptors (Lipinski definition) is 2. The summed E-state index contributed by atoms with van der Waals surface area (Å²) in [6, 6.07) is 0. The van der Waals surface area contributed by atoms with Crippen molar-refractivity contribution in [2.45, 2.75) is 65.8 Å². The molecule has 0 fully saturated rings. The van der Waals surface area contributed by atoms with Crippen LogP contribution in [0.4, 0.5) is 0 Å². The number of hydrogen-bond donors (Lipinski definition) is 0. The molecule has 118 valence electrons. The van der Waals surface area contributed by atoms with Crippen LogP contribution in [0.25, 0.3) is 0 Å². The van der Waals surface area contributed by atoms with Gasteiger partial charge in [0.15, 0.2) is 0 Å². The Morgan fingerprint density at radius 1 is 0.905 bits per heavy atom. The van der Waals surface area contributed by atoms with Crippen LogP contribution in [-0.4, -0.2) is 19.1 Å². The van der Waals surface area contributed by atoms with E-state index < -0.39 is 0 Å². The summed E-state index contributed by atoms with van der Waals surface area (Å²) in [6.45, 7) is 7.68. The van der Waals surface area contributed by atoms with Gasteiger partial charge in [0.2, 0.25) is 0 Å². The molecule has 0 atom stereocenters. The van der Waals surface area contributed by atoms with E-state index in [1.165, 1.54) is 31.5 Å². The van der Waals surface area contributed by atoms with Crippen LogP contribution in [0.15, 0.2) is 24.8 Å². The van der Waals surface area contributed by atoms with Crippen LogP contribution in [0, 0.1) is 0 Å². The van der Waals surface area contributed by atoms with E-state index in [2.05, 4.69) is 41.5 Å². The van der Waals surface area contributed by atoms with E-state index in [0.717, 1.165) is 25.2 Å². The van der Waals surface area contributed by atoms with Gasteiger partial charge in [0.25, 0.3) is 0 Å². The topological polar surface area (TPSA) is 35.6 Å². The third kappa shape index (κ3) is 6.15. The van der Waals surface area contributed by atoms with Gasteiger partial charge < -0.3 is 9.13 Å². The summed E-state index contributed by atoms with van der Waals surface area (Å²) in [5, 5.41) is 0. The van der Waals surface area contributed by atoms with Gasteiger partial charge in [-0.15, -0.1) is 0 Å². The smallest absolute Gasteiger partial charge is 0.108 e. The average molecular weight is 290 g/mol. The van der Waals surface area contributed by atoms with Gasteiger partial charge in [-0.25, -0.2) is 9.97 Å². The predicted octanol–water partition coefficient (Wildman–Crippen LogP) is 4.01. The van der Waals surface area contributed by atoms with E-state index >= 15 is 0 Å². The van der Waals surface area contributed by atoms with Crippen LogP contribution < -0.4 is 0 Å². The molecule has 2 rings (SSSR count). The zero-order chi connectivity index (χ0) is 15.5. The maximum atomic E-state index is 4.37. The molecule has 0 radical (unpaired) electrons. The number of aryl methyl sites for hydroxylation is 4. The molecule has 0 aliphatic rings. The summed E-state index contributed by atoms with van der Waals surface area (Å²) >= 11 is 0. The highest BCUT2D eigenvalue weighted by molar-refractivity contribution is 4.92. The average Bonchev–Trinajstić information content (AvgIpc) is 3.11. The third-order valence-corrected chi connectivity index (χ3v) is 3.55. The van der Waals surface area contributed by atoms with Gasteiger partial charge in [0, 0.05) is 51.2 Å². The summed E-state index contributed by atoms with van der Waals surface area (Å²) < 4.78 is 4.32. The van der Waals surface area contributed by atoms with Gasteiger partial charge in [0.05, 0.1) is 0 Å². The molecule has 4 heteroatoms. The first-order chi connectivity index (χ1) is 10.2. The molecule has 2 heterocycles. The Balaban J connectivity index is 0.000000235. The number of aromatic nitrogens is 4. The van der Waals surface area contributed by atoms with E-state index in [0.29, 0.717) is 0 Å². The van der Waals surface area contributed by atoms with Crippen molar-refractivity contribution in [1.29, 1.82) is 0 Å². The van der Waals surface area contributed by atoms with Crippen molar-refractivity contribution in [3.05, 3.63) is 36.4 Å². The van der Waals surface area contributed by atoms with Crippen molar-refractivity contribution in [3.63, 3.8) is 0 Å². The molecule has 0 bridgehead atoms. The van der Waals surface area contributed by atoms with E-state index in [1.54, 1.807) is 0 Å². The monoisotopic (exact) mass is 290 g/mol. The summed E-state index contributed by atoms with van der Waals surface area (Å²) in [5.74, 6) is 2.40. The second-order valence-electron chi connectivity index (χ2n) is 5.30. The minimum Gasteiger partial charge on any atom is -0.338 e. The maximum Gasteiger partial charge on any atom is 0.108 e. The molecule has 0 saturated heterocycles. The Bertz CT molecular complexity index is 462. The molecule has 21 heavy (non-hydrogen) atoms. The van der Waals surface area contributed by atoms with Gasteiger partial charge in [-0.05, 0) is 12.8 Å². The lowest BCUT2D eigenvalue weighted by Crippen LogP contribution is -2.02. The Hall–Kier alpha value is -1.58. The second kappa shape index (κ2) is 10.2. The highest BCUT2D eigenvalue weighted by Gasteiger charge is 2.00. The van der Waals surface area contributed by atoms with Crippen LogP contribution in [-0.2, 0) is 26.4 Å². The fourth-order valence-corrected chi connectivity index (χ4v) is 2.17. The van der Waals surface area contributed by atoms with Crippen LogP contribution in [0.5, 0.6) is 0 Å². The van der Waals surface area contributed by atoms with Gasteiger partial charge in [-0.2, -0.15) is 0 Å². The molecule has 2 aromatic heterocycles. The summed E-state index contributed by atoms with van der Waals surface area (Å²) in [4.78, 5) is 8.47. The molecule has 2 aromatic rings. The molecule has 4 nitrogen and oxygen atoms in total. The van der Waals surface area contributed by atoms with Gasteiger partial charge >= 0.3 is 0 Å². The zero-order valence-corrected chi connectivity index (χ0v) is 14.0. The molecule has 0 aliphatic heterocycles. The molecule has 0 N–H and O–H groups in total. The van der Waals surface area contributed by atoms with Crippen LogP contribution >= 0.6 is 0 Å². The van der Waals surface area contributed by atoms with E-state index in [-0.39, 0.29) is 0 Å². The Labute approximate surface area is 129 Å². The van der Waals surface area contributed by atoms with Gasteiger partial charge in [-0.1, -0.05) is 33.6 Å². The first kappa shape index (κ1) is 17.5. The molecular weight excluding hydrogens is 260 g/mol. The van der Waals surface area contributed by atoms with E-state index in [9.17, 15) is 0 Å². The largest absolute Gasteiger partial charge is 0.338 e. The summed E-state index contributed by atoms with van der Waals surface area (Å²) in [6.07, 6.45) is 15.0. The second-order valence-corrected chi connectivity index (χ2v) is 5.30. The summed E-state index contributed by atoms with van der Waals surface area (Å²) in [5.41, 5.74) is 0. The quantitative estimate of drug-likeness (QED) is 0.772. The molecule has 0 aliphatic carbocycles. The van der Waals surface area contributed by atoms with Crippen molar-refractivity contribution in [2.24, 2.45) is 7.05 Å². The highest BCUT2D eigenvalue weighted by Crippen LogP contribution is 2.05. The zero-order valence-electron chi connectivity index (χ0n) is 14.0. The molecular formula is C17H30N4. The minimum absolute atomic E-state index is 1.02. The maximum absolute atomic E-state index is 4.37. The standard InChI is InChI=1S/C11H20N2.C6H10N2/c1-3-5-7-11-12-8-10-13(11)9-6-4-2;1-3-6-7-4-5-8(6)2/h8,10H,3-7,9H2,1-2H3;4-5H,3H2,1-2H3. The summed E-state index contributed by atoms with van der Waals surface area (Å²) in [7, 11) is 2.01. The third-order valence-electron chi connectivity index (χ3n) is 3.55. The predicted molar refractivity (Wildman–Crippen MR) is 88.3 cm³/mol. The molecule has 0 aromatic carbocycles. The Kier molecular flexibility index (Phi) is 8.48.